The number of likely N-dealkylation sites (N-methyl/N-ethyl adjacent to an activating group) is 1. The number of anilines is 1. The molecule has 0 saturated carbocycles. The van der Waals surface area contributed by atoms with E-state index in [9.17, 15) is 13.2 Å². The van der Waals surface area contributed by atoms with Crippen LogP contribution in [0.1, 0.15) is 11.1 Å². The molecule has 15 heavy (non-hydrogen) atoms. The Labute approximate surface area is 86.3 Å². The molecule has 1 aromatic carbocycles. The Kier molecular flexibility index (Phi) is 3.57. The Morgan fingerprint density at radius 3 is 2.47 bits per heavy atom. The first-order chi connectivity index (χ1) is 6.95. The van der Waals surface area contributed by atoms with E-state index in [1.807, 2.05) is 0 Å². The molecule has 84 valence electrons. The summed E-state index contributed by atoms with van der Waals surface area (Å²) in [6, 6.07) is 3.46. The Balaban J connectivity index is 2.88. The van der Waals surface area contributed by atoms with Crippen molar-refractivity contribution < 1.29 is 13.2 Å². The van der Waals surface area contributed by atoms with Crippen LogP contribution in [-0.2, 0) is 12.6 Å². The maximum absolute atomic E-state index is 12.3. The van der Waals surface area contributed by atoms with Crippen LogP contribution in [0.15, 0.2) is 18.2 Å². The van der Waals surface area contributed by atoms with Crippen molar-refractivity contribution in [3.8, 4) is 0 Å². The Morgan fingerprint density at radius 2 is 2.00 bits per heavy atom. The van der Waals surface area contributed by atoms with Crippen LogP contribution in [0.2, 0.25) is 0 Å². The van der Waals surface area contributed by atoms with Crippen LogP contribution >= 0.6 is 0 Å². The first-order valence-electron chi connectivity index (χ1n) is 4.55. The average Bonchev–Trinajstić information content (AvgIpc) is 2.14. The van der Waals surface area contributed by atoms with E-state index in [2.05, 4.69) is 5.32 Å². The van der Waals surface area contributed by atoms with Crippen LogP contribution < -0.4 is 11.1 Å². The molecule has 0 aliphatic carbocycles. The highest BCUT2D eigenvalue weighted by atomic mass is 19.4. The topological polar surface area (TPSA) is 38.0 Å². The van der Waals surface area contributed by atoms with Crippen LogP contribution in [0, 0.1) is 0 Å². The number of hydrogen-bond donors (Lipinski definition) is 2. The molecule has 3 N–H and O–H groups in total. The number of nitrogen functional groups attached to an aromatic ring is 1. The van der Waals surface area contributed by atoms with Crippen molar-refractivity contribution in [2.75, 3.05) is 19.3 Å². The van der Waals surface area contributed by atoms with Crippen LogP contribution in [0.3, 0.4) is 0 Å². The molecular weight excluding hydrogens is 205 g/mol. The number of benzene rings is 1. The summed E-state index contributed by atoms with van der Waals surface area (Å²) in [7, 11) is 1.78. The standard InChI is InChI=1S/C10H13F3N2/c1-15-5-4-7-2-3-8(6-9(7)14)10(11,12)13/h2-3,6,15H,4-5,14H2,1H3. The monoisotopic (exact) mass is 218 g/mol. The normalized spacial score (nSPS) is 11.7. The summed E-state index contributed by atoms with van der Waals surface area (Å²) in [5.74, 6) is 0. The molecule has 0 atom stereocenters. The Hall–Kier alpha value is -1.23. The van der Waals surface area contributed by atoms with E-state index in [-0.39, 0.29) is 5.69 Å². The summed E-state index contributed by atoms with van der Waals surface area (Å²) < 4.78 is 36.9. The van der Waals surface area contributed by atoms with Gasteiger partial charge in [-0.1, -0.05) is 6.07 Å². The number of rotatable bonds is 3. The molecule has 2 nitrogen and oxygen atoms in total. The lowest BCUT2D eigenvalue weighted by Crippen LogP contribution is -2.12. The molecule has 1 aromatic rings. The van der Waals surface area contributed by atoms with Gasteiger partial charge >= 0.3 is 6.18 Å². The molecule has 0 aliphatic rings. The minimum absolute atomic E-state index is 0.195. The minimum Gasteiger partial charge on any atom is -0.398 e. The van der Waals surface area contributed by atoms with Crippen LogP contribution in [0.4, 0.5) is 18.9 Å². The second kappa shape index (κ2) is 4.53. The third kappa shape index (κ3) is 3.13. The number of nitrogens with one attached hydrogen (secondary N) is 1. The SMILES string of the molecule is CNCCc1ccc(C(F)(F)F)cc1N. The summed E-state index contributed by atoms with van der Waals surface area (Å²) in [5, 5.41) is 2.91. The van der Waals surface area contributed by atoms with Gasteiger partial charge in [0.15, 0.2) is 0 Å². The van der Waals surface area contributed by atoms with Gasteiger partial charge in [0, 0.05) is 5.69 Å². The first kappa shape index (κ1) is 11.8. The lowest BCUT2D eigenvalue weighted by molar-refractivity contribution is -0.137. The van der Waals surface area contributed by atoms with Gasteiger partial charge in [-0.15, -0.1) is 0 Å². The van der Waals surface area contributed by atoms with Crippen molar-refractivity contribution in [1.29, 1.82) is 0 Å². The van der Waals surface area contributed by atoms with E-state index in [0.717, 1.165) is 17.7 Å². The van der Waals surface area contributed by atoms with Gasteiger partial charge in [0.05, 0.1) is 5.56 Å². The molecule has 0 unspecified atom stereocenters. The summed E-state index contributed by atoms with van der Waals surface area (Å²) in [6.07, 6.45) is -3.70. The van der Waals surface area contributed by atoms with E-state index in [1.165, 1.54) is 6.07 Å². The van der Waals surface area contributed by atoms with Crippen molar-refractivity contribution in [3.05, 3.63) is 29.3 Å². The van der Waals surface area contributed by atoms with Crippen LogP contribution in [-0.4, -0.2) is 13.6 Å². The molecule has 0 spiro atoms. The van der Waals surface area contributed by atoms with E-state index in [0.29, 0.717) is 13.0 Å². The molecule has 0 saturated heterocycles. The number of hydrogen-bond acceptors (Lipinski definition) is 2. The Morgan fingerprint density at radius 1 is 1.33 bits per heavy atom. The average molecular weight is 218 g/mol. The van der Waals surface area contributed by atoms with Crippen molar-refractivity contribution in [1.82, 2.24) is 5.32 Å². The highest BCUT2D eigenvalue weighted by molar-refractivity contribution is 5.50. The van der Waals surface area contributed by atoms with E-state index >= 15 is 0 Å². The maximum Gasteiger partial charge on any atom is 0.416 e. The smallest absolute Gasteiger partial charge is 0.398 e. The minimum atomic E-state index is -4.32. The fraction of sp³-hybridized carbons (Fsp3) is 0.400. The van der Waals surface area contributed by atoms with E-state index in [4.69, 9.17) is 5.73 Å². The second-order valence-electron chi connectivity index (χ2n) is 3.26. The summed E-state index contributed by atoms with van der Waals surface area (Å²) >= 11 is 0. The van der Waals surface area contributed by atoms with E-state index < -0.39 is 11.7 Å². The number of nitrogens with two attached hydrogens (primary N) is 1. The van der Waals surface area contributed by atoms with Crippen LogP contribution in [0.5, 0.6) is 0 Å². The van der Waals surface area contributed by atoms with Gasteiger partial charge in [-0.2, -0.15) is 13.2 Å². The molecular formula is C10H13F3N2. The molecule has 5 heteroatoms. The highest BCUT2D eigenvalue weighted by Crippen LogP contribution is 2.31. The molecule has 0 aliphatic heterocycles. The lowest BCUT2D eigenvalue weighted by Gasteiger charge is -2.10. The molecule has 0 bridgehead atoms. The summed E-state index contributed by atoms with van der Waals surface area (Å²) in [5.41, 5.74) is 5.76. The molecule has 0 radical (unpaired) electrons. The van der Waals surface area contributed by atoms with Gasteiger partial charge in [0.25, 0.3) is 0 Å². The van der Waals surface area contributed by atoms with Gasteiger partial charge < -0.3 is 11.1 Å². The predicted octanol–water partition coefficient (Wildman–Crippen LogP) is 2.05. The number of alkyl halides is 3. The number of halogens is 3. The quantitative estimate of drug-likeness (QED) is 0.762. The zero-order valence-electron chi connectivity index (χ0n) is 8.36. The zero-order chi connectivity index (χ0) is 11.5. The third-order valence-corrected chi connectivity index (χ3v) is 2.12. The molecule has 0 aromatic heterocycles. The highest BCUT2D eigenvalue weighted by Gasteiger charge is 2.30. The largest absolute Gasteiger partial charge is 0.416 e. The van der Waals surface area contributed by atoms with Crippen LogP contribution in [0.25, 0.3) is 0 Å². The molecule has 0 amide bonds. The van der Waals surface area contributed by atoms with Gasteiger partial charge in [-0.05, 0) is 37.7 Å². The predicted molar refractivity (Wildman–Crippen MR) is 53.5 cm³/mol. The maximum atomic E-state index is 12.3. The zero-order valence-corrected chi connectivity index (χ0v) is 8.36. The summed E-state index contributed by atoms with van der Waals surface area (Å²) in [4.78, 5) is 0. The van der Waals surface area contributed by atoms with Crippen molar-refractivity contribution >= 4 is 5.69 Å². The van der Waals surface area contributed by atoms with Gasteiger partial charge in [0.2, 0.25) is 0 Å². The van der Waals surface area contributed by atoms with Gasteiger partial charge in [-0.3, -0.25) is 0 Å². The molecule has 1 rings (SSSR count). The van der Waals surface area contributed by atoms with Gasteiger partial charge in [-0.25, -0.2) is 0 Å². The summed E-state index contributed by atoms with van der Waals surface area (Å²) in [6.45, 7) is 0.690. The van der Waals surface area contributed by atoms with Crippen molar-refractivity contribution in [3.63, 3.8) is 0 Å². The Bertz CT molecular complexity index is 334. The third-order valence-electron chi connectivity index (χ3n) is 2.12. The fourth-order valence-corrected chi connectivity index (χ4v) is 1.26. The lowest BCUT2D eigenvalue weighted by atomic mass is 10.1. The second-order valence-corrected chi connectivity index (χ2v) is 3.26. The van der Waals surface area contributed by atoms with E-state index in [1.54, 1.807) is 7.05 Å². The van der Waals surface area contributed by atoms with Crippen molar-refractivity contribution in [2.45, 2.75) is 12.6 Å². The van der Waals surface area contributed by atoms with Gasteiger partial charge in [0.1, 0.15) is 0 Å². The fourth-order valence-electron chi connectivity index (χ4n) is 1.26. The molecule has 0 heterocycles. The van der Waals surface area contributed by atoms with Crippen molar-refractivity contribution in [2.24, 2.45) is 0 Å². The molecule has 0 fully saturated rings. The first-order valence-corrected chi connectivity index (χ1v) is 4.55.